The van der Waals surface area contributed by atoms with Crippen molar-refractivity contribution in [2.24, 2.45) is 0 Å². The molecule has 0 aliphatic carbocycles. The minimum absolute atomic E-state index is 0.237. The van der Waals surface area contributed by atoms with E-state index in [9.17, 15) is 4.39 Å². The highest BCUT2D eigenvalue weighted by Crippen LogP contribution is 2.33. The van der Waals surface area contributed by atoms with Gasteiger partial charge in [-0.1, -0.05) is 84.9 Å². The van der Waals surface area contributed by atoms with E-state index in [1.54, 1.807) is 6.07 Å². The van der Waals surface area contributed by atoms with Gasteiger partial charge >= 0.3 is 0 Å². The molecule has 0 radical (unpaired) electrons. The van der Waals surface area contributed by atoms with Crippen molar-refractivity contribution in [3.8, 4) is 50.0 Å². The molecule has 7 rings (SSSR count). The van der Waals surface area contributed by atoms with Crippen molar-refractivity contribution in [1.29, 1.82) is 5.26 Å². The second-order valence-corrected chi connectivity index (χ2v) is 10.8. The Kier molecular flexibility index (Phi) is 5.92. The number of hydrogen-bond acceptors (Lipinski definition) is 3. The molecule has 0 saturated carbocycles. The van der Waals surface area contributed by atoms with Crippen molar-refractivity contribution in [2.75, 3.05) is 0 Å². The van der Waals surface area contributed by atoms with Crippen molar-refractivity contribution >= 4 is 32.3 Å². The quantitative estimate of drug-likeness (QED) is 0.226. The summed E-state index contributed by atoms with van der Waals surface area (Å²) >= 11 is 1.51. The van der Waals surface area contributed by atoms with E-state index in [2.05, 4.69) is 96.0 Å². The molecule has 7 aromatic rings. The predicted octanol–water partition coefficient (Wildman–Crippen LogP) is 10.1. The molecule has 0 saturated heterocycles. The fourth-order valence-electron chi connectivity index (χ4n) is 5.02. The minimum Gasteiger partial charge on any atom is -0.236 e. The molecule has 188 valence electrons. The summed E-state index contributed by atoms with van der Waals surface area (Å²) in [4.78, 5) is 4.67. The van der Waals surface area contributed by atoms with Gasteiger partial charge in [-0.2, -0.15) is 5.26 Å². The Labute approximate surface area is 235 Å². The Morgan fingerprint density at radius 1 is 0.525 bits per heavy atom. The van der Waals surface area contributed by atoms with Gasteiger partial charge in [0.15, 0.2) is 0 Å². The van der Waals surface area contributed by atoms with Gasteiger partial charge in [0.25, 0.3) is 0 Å². The first-order chi connectivity index (χ1) is 19.6. The molecule has 0 bridgehead atoms. The number of rotatable bonds is 4. The van der Waals surface area contributed by atoms with Crippen LogP contribution in [-0.4, -0.2) is 4.98 Å². The van der Waals surface area contributed by atoms with Crippen LogP contribution in [0.25, 0.3) is 64.9 Å². The summed E-state index contributed by atoms with van der Waals surface area (Å²) in [5.41, 5.74) is 9.37. The SMILES string of the molecule is N#Cc1ccc(-c2ccc(-c3ccc4cc(-c5ccc(-c6nc7ccc(F)cc7s6)cc5)ccc4c3)cc2)cc1. The Morgan fingerprint density at radius 3 is 1.55 bits per heavy atom. The number of nitriles is 1. The summed E-state index contributed by atoms with van der Waals surface area (Å²) in [7, 11) is 0. The van der Waals surface area contributed by atoms with E-state index >= 15 is 0 Å². The maximum absolute atomic E-state index is 13.6. The smallest absolute Gasteiger partial charge is 0.124 e. The first-order valence-electron chi connectivity index (χ1n) is 12.9. The fourth-order valence-corrected chi connectivity index (χ4v) is 6.02. The van der Waals surface area contributed by atoms with Gasteiger partial charge in [0.1, 0.15) is 10.8 Å². The minimum atomic E-state index is -0.237. The Bertz CT molecular complexity index is 2050. The highest BCUT2D eigenvalue weighted by atomic mass is 32.1. The van der Waals surface area contributed by atoms with Crippen LogP contribution in [0, 0.1) is 17.1 Å². The van der Waals surface area contributed by atoms with E-state index in [-0.39, 0.29) is 5.82 Å². The van der Waals surface area contributed by atoms with Crippen LogP contribution in [-0.2, 0) is 0 Å². The molecule has 6 aromatic carbocycles. The Morgan fingerprint density at radius 2 is 1.00 bits per heavy atom. The van der Waals surface area contributed by atoms with Crippen molar-refractivity contribution in [3.63, 3.8) is 0 Å². The van der Waals surface area contributed by atoms with Gasteiger partial charge in [-0.05, 0) is 86.6 Å². The predicted molar refractivity (Wildman–Crippen MR) is 164 cm³/mol. The van der Waals surface area contributed by atoms with Crippen LogP contribution >= 0.6 is 11.3 Å². The number of benzene rings is 6. The lowest BCUT2D eigenvalue weighted by atomic mass is 9.96. The van der Waals surface area contributed by atoms with Crippen LogP contribution in [0.15, 0.2) is 127 Å². The van der Waals surface area contributed by atoms with E-state index < -0.39 is 0 Å². The molecule has 4 heteroatoms. The Hall–Kier alpha value is -5.11. The Balaban J connectivity index is 1.12. The zero-order chi connectivity index (χ0) is 27.1. The van der Waals surface area contributed by atoms with Gasteiger partial charge in [0.2, 0.25) is 0 Å². The standard InChI is InChI=1S/C36H21FN2S/c37-33-17-18-34-35(21-33)40-36(39-34)28-11-9-27(10-12-28)30-14-16-31-19-29(13-15-32(31)20-30)26-7-5-25(6-8-26)24-3-1-23(22-38)2-4-24/h1-21H. The molecule has 2 nitrogen and oxygen atoms in total. The third kappa shape index (κ3) is 4.53. The second-order valence-electron chi connectivity index (χ2n) is 9.75. The first-order valence-corrected chi connectivity index (χ1v) is 13.8. The molecule has 1 heterocycles. The first kappa shape index (κ1) is 24.0. The molecule has 0 aliphatic rings. The topological polar surface area (TPSA) is 36.7 Å². The zero-order valence-electron chi connectivity index (χ0n) is 21.3. The molecular weight excluding hydrogens is 511 g/mol. The molecule has 0 fully saturated rings. The lowest BCUT2D eigenvalue weighted by molar-refractivity contribution is 0.630. The average molecular weight is 533 g/mol. The van der Waals surface area contributed by atoms with E-state index in [1.807, 2.05) is 24.3 Å². The lowest BCUT2D eigenvalue weighted by Gasteiger charge is -2.09. The molecule has 40 heavy (non-hydrogen) atoms. The molecule has 1 aromatic heterocycles. The monoisotopic (exact) mass is 532 g/mol. The van der Waals surface area contributed by atoms with E-state index in [0.717, 1.165) is 48.6 Å². The highest BCUT2D eigenvalue weighted by Gasteiger charge is 2.09. The van der Waals surface area contributed by atoms with Gasteiger partial charge in [-0.3, -0.25) is 0 Å². The summed E-state index contributed by atoms with van der Waals surface area (Å²) in [5.74, 6) is -0.237. The van der Waals surface area contributed by atoms with Crippen molar-refractivity contribution in [2.45, 2.75) is 0 Å². The van der Waals surface area contributed by atoms with Crippen LogP contribution in [0.4, 0.5) is 4.39 Å². The molecule has 0 aliphatic heterocycles. The lowest BCUT2D eigenvalue weighted by Crippen LogP contribution is -1.83. The number of halogens is 1. The van der Waals surface area contributed by atoms with Crippen molar-refractivity contribution < 1.29 is 4.39 Å². The van der Waals surface area contributed by atoms with Gasteiger partial charge in [-0.15, -0.1) is 11.3 Å². The maximum atomic E-state index is 13.6. The van der Waals surface area contributed by atoms with Crippen LogP contribution in [0.1, 0.15) is 5.56 Å². The van der Waals surface area contributed by atoms with Gasteiger partial charge in [0.05, 0.1) is 21.8 Å². The number of aromatic nitrogens is 1. The van der Waals surface area contributed by atoms with Gasteiger partial charge in [-0.25, -0.2) is 9.37 Å². The summed E-state index contributed by atoms with van der Waals surface area (Å²) < 4.78 is 14.4. The van der Waals surface area contributed by atoms with Crippen LogP contribution in [0.2, 0.25) is 0 Å². The van der Waals surface area contributed by atoms with Crippen LogP contribution < -0.4 is 0 Å². The van der Waals surface area contributed by atoms with E-state index in [0.29, 0.717) is 5.56 Å². The second kappa shape index (κ2) is 9.89. The highest BCUT2D eigenvalue weighted by molar-refractivity contribution is 7.21. The summed E-state index contributed by atoms with van der Waals surface area (Å²) in [6.45, 7) is 0. The third-order valence-electron chi connectivity index (χ3n) is 7.22. The fraction of sp³-hybridized carbons (Fsp3) is 0. The van der Waals surface area contributed by atoms with Crippen molar-refractivity contribution in [3.05, 3.63) is 139 Å². The van der Waals surface area contributed by atoms with Crippen LogP contribution in [0.3, 0.4) is 0 Å². The zero-order valence-corrected chi connectivity index (χ0v) is 22.1. The van der Waals surface area contributed by atoms with Gasteiger partial charge in [0, 0.05) is 5.56 Å². The molecule has 0 N–H and O–H groups in total. The largest absolute Gasteiger partial charge is 0.236 e. The van der Waals surface area contributed by atoms with E-state index in [4.69, 9.17) is 5.26 Å². The summed E-state index contributed by atoms with van der Waals surface area (Å²) in [6.07, 6.45) is 0. The van der Waals surface area contributed by atoms with Crippen molar-refractivity contribution in [1.82, 2.24) is 4.98 Å². The van der Waals surface area contributed by atoms with Crippen LogP contribution in [0.5, 0.6) is 0 Å². The summed E-state index contributed by atoms with van der Waals surface area (Å²) in [5, 5.41) is 12.3. The third-order valence-corrected chi connectivity index (χ3v) is 8.29. The molecule has 0 spiro atoms. The average Bonchev–Trinajstić information content (AvgIpc) is 3.44. The molecule has 0 amide bonds. The number of thiazole rings is 1. The number of fused-ring (bicyclic) bond motifs is 2. The van der Waals surface area contributed by atoms with Gasteiger partial charge < -0.3 is 0 Å². The summed E-state index contributed by atoms with van der Waals surface area (Å²) in [6, 6.07) is 44.6. The molecule has 0 atom stereocenters. The van der Waals surface area contributed by atoms with E-state index in [1.165, 1.54) is 39.8 Å². The normalized spacial score (nSPS) is 11.1. The number of nitrogens with zero attached hydrogens (tertiary/aromatic N) is 2. The molecular formula is C36H21FN2S. The molecule has 0 unspecified atom stereocenters. The maximum Gasteiger partial charge on any atom is 0.124 e. The number of hydrogen-bond donors (Lipinski definition) is 0.